The number of hydrogen-bond donors (Lipinski definition) is 1. The summed E-state index contributed by atoms with van der Waals surface area (Å²) in [6, 6.07) is 0. The van der Waals surface area contributed by atoms with Crippen molar-refractivity contribution in [2.45, 2.75) is 0 Å². The molecule has 2 aliphatic heterocycles. The molecule has 6 heteroatoms. The molecule has 2 aliphatic rings. The van der Waals surface area contributed by atoms with Crippen LogP contribution in [0.3, 0.4) is 0 Å². The summed E-state index contributed by atoms with van der Waals surface area (Å²) in [6.45, 7) is 2.24. The molecular weight excluding hydrogens is 208 g/mol. The summed E-state index contributed by atoms with van der Waals surface area (Å²) in [7, 11) is 0. The SMILES string of the molecule is O=C(O)N1C[C@@H]2CN(C(=O)Cl)C[C@@H]2C1. The molecule has 5 nitrogen and oxygen atoms in total. The summed E-state index contributed by atoms with van der Waals surface area (Å²) in [5.41, 5.74) is 0. The summed E-state index contributed by atoms with van der Waals surface area (Å²) in [5.74, 6) is 0.544. The number of halogens is 1. The Kier molecular flexibility index (Phi) is 2.26. The smallest absolute Gasteiger partial charge is 0.407 e. The molecule has 0 unspecified atom stereocenters. The zero-order valence-corrected chi connectivity index (χ0v) is 8.28. The van der Waals surface area contributed by atoms with Gasteiger partial charge in [-0.2, -0.15) is 0 Å². The lowest BCUT2D eigenvalue weighted by Gasteiger charge is -2.17. The zero-order valence-electron chi connectivity index (χ0n) is 7.52. The number of nitrogens with zero attached hydrogens (tertiary/aromatic N) is 2. The third-order valence-corrected chi connectivity index (χ3v) is 3.24. The second-order valence-corrected chi connectivity index (χ2v) is 4.19. The fraction of sp³-hybridized carbons (Fsp3) is 0.750. The topological polar surface area (TPSA) is 60.9 Å². The van der Waals surface area contributed by atoms with Crippen LogP contribution in [0.5, 0.6) is 0 Å². The van der Waals surface area contributed by atoms with Crippen LogP contribution < -0.4 is 0 Å². The van der Waals surface area contributed by atoms with E-state index in [0.29, 0.717) is 26.2 Å². The molecule has 2 saturated heterocycles. The molecule has 78 valence electrons. The van der Waals surface area contributed by atoms with Gasteiger partial charge in [-0.1, -0.05) is 0 Å². The van der Waals surface area contributed by atoms with Crippen molar-refractivity contribution in [1.82, 2.24) is 9.80 Å². The number of amides is 2. The van der Waals surface area contributed by atoms with E-state index in [1.54, 1.807) is 4.90 Å². The molecule has 2 heterocycles. The standard InChI is InChI=1S/C8H11ClN2O3/c9-7(12)10-1-5-3-11(8(13)14)4-6(5)2-10/h5-6H,1-4H2,(H,13,14)/t5-,6+. The lowest BCUT2D eigenvalue weighted by molar-refractivity contribution is 0.150. The summed E-state index contributed by atoms with van der Waals surface area (Å²) in [5, 5.41) is 8.33. The molecule has 0 saturated carbocycles. The second kappa shape index (κ2) is 3.31. The van der Waals surface area contributed by atoms with Gasteiger partial charge in [-0.05, 0) is 11.6 Å². The van der Waals surface area contributed by atoms with Crippen molar-refractivity contribution >= 4 is 23.1 Å². The lowest BCUT2D eigenvalue weighted by Crippen LogP contribution is -2.32. The molecule has 2 amide bonds. The highest BCUT2D eigenvalue weighted by molar-refractivity contribution is 6.62. The number of likely N-dealkylation sites (tertiary alicyclic amines) is 2. The molecule has 0 aromatic carbocycles. The van der Waals surface area contributed by atoms with Gasteiger partial charge in [-0.25, -0.2) is 4.79 Å². The monoisotopic (exact) mass is 218 g/mol. The molecule has 0 aliphatic carbocycles. The Balaban J connectivity index is 1.96. The van der Waals surface area contributed by atoms with E-state index in [-0.39, 0.29) is 11.8 Å². The van der Waals surface area contributed by atoms with Gasteiger partial charge in [0.15, 0.2) is 0 Å². The predicted octanol–water partition coefficient (Wildman–Crippen LogP) is 0.887. The minimum Gasteiger partial charge on any atom is -0.465 e. The van der Waals surface area contributed by atoms with Crippen LogP contribution in [0.2, 0.25) is 0 Å². The minimum absolute atomic E-state index is 0.272. The maximum absolute atomic E-state index is 10.9. The van der Waals surface area contributed by atoms with Crippen molar-refractivity contribution in [3.8, 4) is 0 Å². The highest BCUT2D eigenvalue weighted by Crippen LogP contribution is 2.31. The molecule has 0 aromatic heterocycles. The molecule has 2 fully saturated rings. The zero-order chi connectivity index (χ0) is 10.3. The van der Waals surface area contributed by atoms with Crippen LogP contribution in [0.15, 0.2) is 0 Å². The van der Waals surface area contributed by atoms with Crippen molar-refractivity contribution < 1.29 is 14.7 Å². The highest BCUT2D eigenvalue weighted by atomic mass is 35.5. The third kappa shape index (κ3) is 1.52. The van der Waals surface area contributed by atoms with Crippen LogP contribution in [0.1, 0.15) is 0 Å². The van der Waals surface area contributed by atoms with E-state index in [0.717, 1.165) is 0 Å². The number of carboxylic acid groups (broad SMARTS) is 1. The Morgan fingerprint density at radius 3 is 1.86 bits per heavy atom. The number of carbonyl (C=O) groups excluding carboxylic acids is 1. The number of hydrogen-bond acceptors (Lipinski definition) is 2. The molecular formula is C8H11ClN2O3. The highest BCUT2D eigenvalue weighted by Gasteiger charge is 2.42. The first-order chi connectivity index (χ1) is 6.58. The summed E-state index contributed by atoms with van der Waals surface area (Å²) in [6.07, 6.45) is -0.872. The van der Waals surface area contributed by atoms with Gasteiger partial charge in [-0.15, -0.1) is 0 Å². The Labute approximate surface area is 86.2 Å². The molecule has 1 N–H and O–H groups in total. The largest absolute Gasteiger partial charge is 0.465 e. The van der Waals surface area contributed by atoms with Gasteiger partial charge in [0, 0.05) is 38.0 Å². The molecule has 0 bridgehead atoms. The molecule has 0 spiro atoms. The van der Waals surface area contributed by atoms with Crippen molar-refractivity contribution in [3.05, 3.63) is 0 Å². The van der Waals surface area contributed by atoms with Gasteiger partial charge < -0.3 is 14.9 Å². The van der Waals surface area contributed by atoms with E-state index >= 15 is 0 Å². The molecule has 14 heavy (non-hydrogen) atoms. The Bertz CT molecular complexity index is 244. The van der Waals surface area contributed by atoms with Gasteiger partial charge in [0.1, 0.15) is 0 Å². The van der Waals surface area contributed by atoms with Gasteiger partial charge in [0.25, 0.3) is 0 Å². The van der Waals surface area contributed by atoms with Crippen molar-refractivity contribution in [2.75, 3.05) is 26.2 Å². The second-order valence-electron chi connectivity index (χ2n) is 3.87. The quantitative estimate of drug-likeness (QED) is 0.485. The Morgan fingerprint density at radius 1 is 1.07 bits per heavy atom. The van der Waals surface area contributed by atoms with Crippen molar-refractivity contribution in [2.24, 2.45) is 11.8 Å². The average Bonchev–Trinajstić information content (AvgIpc) is 2.57. The van der Waals surface area contributed by atoms with Gasteiger partial charge in [0.05, 0.1) is 0 Å². The van der Waals surface area contributed by atoms with E-state index in [4.69, 9.17) is 16.7 Å². The van der Waals surface area contributed by atoms with Crippen LogP contribution in [-0.4, -0.2) is 52.5 Å². The molecule has 2 rings (SSSR count). The fourth-order valence-corrected chi connectivity index (χ4v) is 2.43. The van der Waals surface area contributed by atoms with Crippen LogP contribution in [0, 0.1) is 11.8 Å². The Hall–Kier alpha value is -0.970. The first kappa shape index (κ1) is 9.58. The first-order valence-corrected chi connectivity index (χ1v) is 4.88. The van der Waals surface area contributed by atoms with Crippen LogP contribution in [-0.2, 0) is 0 Å². The first-order valence-electron chi connectivity index (χ1n) is 4.50. The number of rotatable bonds is 0. The molecule has 0 aromatic rings. The summed E-state index contributed by atoms with van der Waals surface area (Å²) < 4.78 is 0. The maximum atomic E-state index is 10.9. The molecule has 2 atom stereocenters. The van der Waals surface area contributed by atoms with Crippen molar-refractivity contribution in [1.29, 1.82) is 0 Å². The summed E-state index contributed by atoms with van der Waals surface area (Å²) in [4.78, 5) is 24.5. The van der Waals surface area contributed by atoms with Crippen LogP contribution in [0.4, 0.5) is 9.59 Å². The maximum Gasteiger partial charge on any atom is 0.407 e. The van der Waals surface area contributed by atoms with Gasteiger partial charge in [-0.3, -0.25) is 4.79 Å². The fourth-order valence-electron chi connectivity index (χ4n) is 2.29. The lowest BCUT2D eigenvalue weighted by atomic mass is 10.0. The average molecular weight is 219 g/mol. The minimum atomic E-state index is -0.872. The van der Waals surface area contributed by atoms with Crippen LogP contribution >= 0.6 is 11.6 Å². The third-order valence-electron chi connectivity index (χ3n) is 3.01. The predicted molar refractivity (Wildman–Crippen MR) is 49.4 cm³/mol. The summed E-state index contributed by atoms with van der Waals surface area (Å²) >= 11 is 5.35. The molecule has 0 radical (unpaired) electrons. The van der Waals surface area contributed by atoms with E-state index in [2.05, 4.69) is 0 Å². The number of carbonyl (C=O) groups is 2. The van der Waals surface area contributed by atoms with Gasteiger partial charge in [0.2, 0.25) is 0 Å². The Morgan fingerprint density at radius 2 is 1.50 bits per heavy atom. The van der Waals surface area contributed by atoms with E-state index < -0.39 is 11.5 Å². The van der Waals surface area contributed by atoms with E-state index in [1.807, 2.05) is 0 Å². The van der Waals surface area contributed by atoms with E-state index in [9.17, 15) is 9.59 Å². The number of fused-ring (bicyclic) bond motifs is 1. The van der Waals surface area contributed by atoms with E-state index in [1.165, 1.54) is 4.90 Å². The normalized spacial score (nSPS) is 30.6. The van der Waals surface area contributed by atoms with Gasteiger partial charge >= 0.3 is 11.5 Å². The van der Waals surface area contributed by atoms with Crippen LogP contribution in [0.25, 0.3) is 0 Å². The van der Waals surface area contributed by atoms with Crippen molar-refractivity contribution in [3.63, 3.8) is 0 Å².